The monoisotopic (exact) mass is 585 g/mol. The quantitative estimate of drug-likeness (QED) is 0.122. The third-order valence-electron chi connectivity index (χ3n) is 7.26. The van der Waals surface area contributed by atoms with Crippen molar-refractivity contribution < 1.29 is 14.3 Å². The number of nitrogens with zero attached hydrogens (tertiary/aromatic N) is 3. The van der Waals surface area contributed by atoms with Crippen LogP contribution >= 0.6 is 11.6 Å². The van der Waals surface area contributed by atoms with Gasteiger partial charge in [0.1, 0.15) is 5.02 Å². The molecule has 2 heterocycles. The standard InChI is InChI=1S/C32H48ClN5O3/c1-6-7-8-9-10-11-12-13-14-15-21-41-27(40)18-16-17-26(39)34-24-19-20-25(23(2)22-24)30-35-31-28(33)29(32(3,4)5)36-38(31)37-30/h19-20,22H,6-18,21H2,1-5H3,(H,34,39)(H,35,37). The van der Waals surface area contributed by atoms with Gasteiger partial charge in [0.15, 0.2) is 11.5 Å². The summed E-state index contributed by atoms with van der Waals surface area (Å²) in [5.41, 5.74) is 3.81. The van der Waals surface area contributed by atoms with Crippen molar-refractivity contribution in [1.29, 1.82) is 0 Å². The van der Waals surface area contributed by atoms with Gasteiger partial charge in [0, 0.05) is 29.5 Å². The summed E-state index contributed by atoms with van der Waals surface area (Å²) in [6, 6.07) is 5.66. The largest absolute Gasteiger partial charge is 0.466 e. The second-order valence-electron chi connectivity index (χ2n) is 12.1. The van der Waals surface area contributed by atoms with Gasteiger partial charge in [-0.3, -0.25) is 9.59 Å². The number of carbonyl (C=O) groups excluding carboxylic acids is 2. The fraction of sp³-hybridized carbons (Fsp3) is 0.625. The number of H-pyrrole nitrogens is 1. The van der Waals surface area contributed by atoms with E-state index in [0.29, 0.717) is 35.2 Å². The summed E-state index contributed by atoms with van der Waals surface area (Å²) in [6.45, 7) is 10.9. The van der Waals surface area contributed by atoms with E-state index in [1.165, 1.54) is 56.0 Å². The van der Waals surface area contributed by atoms with Crippen LogP contribution in [0.4, 0.5) is 5.69 Å². The Bertz CT molecular complexity index is 1270. The summed E-state index contributed by atoms with van der Waals surface area (Å²) in [5, 5.41) is 12.6. The number of aryl methyl sites for hydroxylation is 1. The van der Waals surface area contributed by atoms with Gasteiger partial charge in [-0.25, -0.2) is 0 Å². The van der Waals surface area contributed by atoms with E-state index in [1.54, 1.807) is 0 Å². The second kappa shape index (κ2) is 15.9. The van der Waals surface area contributed by atoms with E-state index in [1.807, 2.05) is 25.1 Å². The Morgan fingerprint density at radius 3 is 2.22 bits per heavy atom. The van der Waals surface area contributed by atoms with Crippen molar-refractivity contribution >= 4 is 34.8 Å². The molecule has 0 atom stereocenters. The lowest BCUT2D eigenvalue weighted by molar-refractivity contribution is -0.143. The molecule has 1 aromatic carbocycles. The molecule has 3 aromatic rings. The van der Waals surface area contributed by atoms with Crippen molar-refractivity contribution in [2.24, 2.45) is 0 Å². The van der Waals surface area contributed by atoms with Gasteiger partial charge in [0.2, 0.25) is 5.91 Å². The maximum absolute atomic E-state index is 12.4. The normalized spacial score (nSPS) is 11.8. The highest BCUT2D eigenvalue weighted by Gasteiger charge is 2.25. The van der Waals surface area contributed by atoms with Crippen molar-refractivity contribution in [3.63, 3.8) is 0 Å². The van der Waals surface area contributed by atoms with Gasteiger partial charge in [0.05, 0.1) is 12.3 Å². The van der Waals surface area contributed by atoms with Crippen LogP contribution in [0.3, 0.4) is 0 Å². The smallest absolute Gasteiger partial charge is 0.305 e. The summed E-state index contributed by atoms with van der Waals surface area (Å²) in [4.78, 5) is 27.7. The van der Waals surface area contributed by atoms with Crippen LogP contribution in [0.25, 0.3) is 17.0 Å². The van der Waals surface area contributed by atoms with E-state index in [4.69, 9.17) is 16.3 Å². The Hall–Kier alpha value is -2.87. The molecule has 3 rings (SSSR count). The van der Waals surface area contributed by atoms with Crippen LogP contribution < -0.4 is 5.32 Å². The maximum atomic E-state index is 12.4. The third-order valence-corrected chi connectivity index (χ3v) is 7.62. The molecule has 1 amide bonds. The number of unbranched alkanes of at least 4 members (excludes halogenated alkanes) is 9. The third kappa shape index (κ3) is 10.2. The molecule has 0 unspecified atom stereocenters. The Morgan fingerprint density at radius 1 is 0.951 bits per heavy atom. The number of esters is 1. The number of fused-ring (bicyclic) bond motifs is 1. The molecule has 9 heteroatoms. The number of benzene rings is 1. The Morgan fingerprint density at radius 2 is 1.61 bits per heavy atom. The number of rotatable bonds is 17. The molecule has 0 fully saturated rings. The van der Waals surface area contributed by atoms with Crippen LogP contribution in [-0.4, -0.2) is 38.3 Å². The number of ether oxygens (including phenoxy) is 1. The fourth-order valence-electron chi connectivity index (χ4n) is 4.87. The molecule has 2 aromatic heterocycles. The molecule has 41 heavy (non-hydrogen) atoms. The first-order valence-electron chi connectivity index (χ1n) is 15.3. The maximum Gasteiger partial charge on any atom is 0.305 e. The van der Waals surface area contributed by atoms with E-state index in [-0.39, 0.29) is 30.1 Å². The average molecular weight is 586 g/mol. The molecule has 0 spiro atoms. The highest BCUT2D eigenvalue weighted by Crippen LogP contribution is 2.32. The average Bonchev–Trinajstić information content (AvgIpc) is 3.46. The first-order valence-corrected chi connectivity index (χ1v) is 15.7. The Kier molecular flexibility index (Phi) is 12.7. The zero-order valence-corrected chi connectivity index (χ0v) is 26.3. The van der Waals surface area contributed by atoms with Gasteiger partial charge in [-0.05, 0) is 43.5 Å². The molecule has 0 saturated heterocycles. The fourth-order valence-corrected chi connectivity index (χ4v) is 5.31. The summed E-state index contributed by atoms with van der Waals surface area (Å²) >= 11 is 6.56. The summed E-state index contributed by atoms with van der Waals surface area (Å²) in [5.74, 6) is 0.299. The molecule has 8 nitrogen and oxygen atoms in total. The van der Waals surface area contributed by atoms with Gasteiger partial charge in [0.25, 0.3) is 0 Å². The number of hydrogen-bond acceptors (Lipinski definition) is 5. The van der Waals surface area contributed by atoms with Crippen LogP contribution in [0, 0.1) is 6.92 Å². The molecule has 0 radical (unpaired) electrons. The number of halogens is 1. The van der Waals surface area contributed by atoms with Gasteiger partial charge in [-0.1, -0.05) is 97.1 Å². The predicted octanol–water partition coefficient (Wildman–Crippen LogP) is 8.56. The zero-order valence-electron chi connectivity index (χ0n) is 25.6. The van der Waals surface area contributed by atoms with Gasteiger partial charge < -0.3 is 15.0 Å². The minimum atomic E-state index is -0.228. The van der Waals surface area contributed by atoms with Crippen molar-refractivity contribution in [2.45, 2.75) is 124 Å². The van der Waals surface area contributed by atoms with Crippen molar-refractivity contribution in [3.8, 4) is 11.4 Å². The topological polar surface area (TPSA) is 101 Å². The number of nitrogens with one attached hydrogen (secondary N) is 2. The Labute approximate surface area is 250 Å². The summed E-state index contributed by atoms with van der Waals surface area (Å²) in [6.07, 6.45) is 13.5. The first kappa shape index (κ1) is 32.6. The van der Waals surface area contributed by atoms with E-state index in [2.05, 4.69) is 48.2 Å². The number of hydrogen-bond donors (Lipinski definition) is 2. The lowest BCUT2D eigenvalue weighted by Crippen LogP contribution is -2.13. The summed E-state index contributed by atoms with van der Waals surface area (Å²) < 4.78 is 6.87. The predicted molar refractivity (Wildman–Crippen MR) is 167 cm³/mol. The van der Waals surface area contributed by atoms with Crippen molar-refractivity contribution in [3.05, 3.63) is 34.5 Å². The lowest BCUT2D eigenvalue weighted by atomic mass is 9.92. The van der Waals surface area contributed by atoms with Crippen LogP contribution in [0.1, 0.15) is 122 Å². The van der Waals surface area contributed by atoms with Crippen LogP contribution in [0.15, 0.2) is 18.2 Å². The number of amides is 1. The molecule has 0 saturated carbocycles. The number of carbonyl (C=O) groups is 2. The lowest BCUT2D eigenvalue weighted by Gasteiger charge is -2.14. The zero-order chi connectivity index (χ0) is 29.8. The molecule has 0 aliphatic carbocycles. The minimum Gasteiger partial charge on any atom is -0.466 e. The van der Waals surface area contributed by atoms with E-state index in [0.717, 1.165) is 29.7 Å². The molecular weight excluding hydrogens is 538 g/mol. The number of aromatic amines is 1. The van der Waals surface area contributed by atoms with E-state index in [9.17, 15) is 9.59 Å². The highest BCUT2D eigenvalue weighted by atomic mass is 35.5. The molecule has 0 aliphatic heterocycles. The van der Waals surface area contributed by atoms with Crippen LogP contribution in [0.2, 0.25) is 5.02 Å². The number of anilines is 1. The van der Waals surface area contributed by atoms with Gasteiger partial charge in [-0.2, -0.15) is 5.10 Å². The van der Waals surface area contributed by atoms with E-state index < -0.39 is 0 Å². The molecule has 0 aliphatic rings. The molecule has 0 bridgehead atoms. The van der Waals surface area contributed by atoms with E-state index >= 15 is 0 Å². The van der Waals surface area contributed by atoms with Gasteiger partial charge in [-0.15, -0.1) is 9.73 Å². The Balaban J connectivity index is 1.34. The highest BCUT2D eigenvalue weighted by molar-refractivity contribution is 6.34. The minimum absolute atomic E-state index is 0.127. The van der Waals surface area contributed by atoms with Crippen molar-refractivity contribution in [1.82, 2.24) is 19.8 Å². The molecular formula is C32H48ClN5O3. The van der Waals surface area contributed by atoms with Crippen LogP contribution in [0.5, 0.6) is 0 Å². The molecule has 2 N–H and O–H groups in total. The van der Waals surface area contributed by atoms with Crippen molar-refractivity contribution in [2.75, 3.05) is 11.9 Å². The SMILES string of the molecule is CCCCCCCCCCCCOC(=O)CCCC(=O)Nc1ccc(-c2nn3nc(C(C)(C)C)c(Cl)c3[nH]2)c(C)c1. The second-order valence-corrected chi connectivity index (χ2v) is 12.4. The first-order chi connectivity index (χ1) is 19.6. The number of aromatic nitrogens is 4. The summed E-state index contributed by atoms with van der Waals surface area (Å²) in [7, 11) is 0. The molecule has 226 valence electrons. The van der Waals surface area contributed by atoms with Gasteiger partial charge >= 0.3 is 5.97 Å². The van der Waals surface area contributed by atoms with Crippen LogP contribution in [-0.2, 0) is 19.7 Å².